The van der Waals surface area contributed by atoms with E-state index >= 15 is 13.2 Å². The first-order chi connectivity index (χ1) is 22.3. The minimum absolute atomic E-state index is 0.0428. The van der Waals surface area contributed by atoms with E-state index in [1.54, 1.807) is 12.1 Å². The highest BCUT2D eigenvalue weighted by Crippen LogP contribution is 2.45. The number of alkyl halides is 3. The van der Waals surface area contributed by atoms with Gasteiger partial charge in [0.1, 0.15) is 5.82 Å². The summed E-state index contributed by atoms with van der Waals surface area (Å²) in [7, 11) is 0. The molecule has 1 saturated carbocycles. The van der Waals surface area contributed by atoms with Gasteiger partial charge in [-0.1, -0.05) is 31.9 Å². The highest BCUT2D eigenvalue weighted by Gasteiger charge is 2.37. The smallest absolute Gasteiger partial charge is 0.399 e. The van der Waals surface area contributed by atoms with Gasteiger partial charge in [0.25, 0.3) is 0 Å². The fourth-order valence-electron chi connectivity index (χ4n) is 7.28. The topological polar surface area (TPSA) is 9.23 Å². The van der Waals surface area contributed by atoms with Gasteiger partial charge in [-0.25, -0.2) is 30.7 Å². The summed E-state index contributed by atoms with van der Waals surface area (Å²) in [5.41, 5.74) is 0.351. The summed E-state index contributed by atoms with van der Waals surface area (Å²) < 4.78 is 146. The van der Waals surface area contributed by atoms with E-state index in [1.165, 1.54) is 0 Å². The second-order valence-electron chi connectivity index (χ2n) is 12.8. The van der Waals surface area contributed by atoms with Crippen molar-refractivity contribution in [2.75, 3.05) is 0 Å². The molecule has 3 aromatic carbocycles. The van der Waals surface area contributed by atoms with Crippen LogP contribution in [-0.4, -0.2) is 6.36 Å². The summed E-state index contributed by atoms with van der Waals surface area (Å²) in [6.07, 6.45) is -0.118. The lowest BCUT2D eigenvalue weighted by Gasteiger charge is -2.32. The second kappa shape index (κ2) is 14.5. The maximum atomic E-state index is 15.8. The van der Waals surface area contributed by atoms with E-state index in [0.717, 1.165) is 31.4 Å². The zero-order chi connectivity index (χ0) is 34.0. The number of fused-ring (bicyclic) bond motifs is 1. The van der Waals surface area contributed by atoms with Gasteiger partial charge in [-0.2, -0.15) is 0 Å². The molecule has 0 aromatic heterocycles. The molecule has 0 spiro atoms. The number of hydrogen-bond donors (Lipinski definition) is 0. The van der Waals surface area contributed by atoms with E-state index in [2.05, 4.69) is 4.74 Å². The molecule has 3 aromatic rings. The van der Waals surface area contributed by atoms with Gasteiger partial charge in [0.15, 0.2) is 34.9 Å². The molecule has 1 nitrogen and oxygen atoms in total. The lowest BCUT2D eigenvalue weighted by atomic mass is 9.73. The molecule has 0 aliphatic heterocycles. The molecule has 0 radical (unpaired) electrons. The maximum absolute atomic E-state index is 15.8. The molecule has 0 amide bonds. The van der Waals surface area contributed by atoms with Gasteiger partial charge in [-0.15, -0.1) is 13.2 Å². The third kappa shape index (κ3) is 7.75. The van der Waals surface area contributed by atoms with Crippen LogP contribution in [0.3, 0.4) is 0 Å². The second-order valence-corrected chi connectivity index (χ2v) is 12.8. The molecular weight excluding hydrogens is 638 g/mol. The monoisotopic (exact) mass is 674 g/mol. The lowest BCUT2D eigenvalue weighted by molar-refractivity contribution is -0.276. The predicted octanol–water partition coefficient (Wildman–Crippen LogP) is 11.5. The highest BCUT2D eigenvalue weighted by atomic mass is 19.4. The summed E-state index contributed by atoms with van der Waals surface area (Å²) in [6, 6.07) is 4.69. The molecule has 0 bridgehead atoms. The van der Waals surface area contributed by atoms with Gasteiger partial charge in [-0.05, 0) is 128 Å². The van der Waals surface area contributed by atoms with Crippen LogP contribution in [-0.2, 0) is 25.7 Å². The molecule has 0 heterocycles. The van der Waals surface area contributed by atoms with E-state index in [1.807, 2.05) is 6.92 Å². The fourth-order valence-corrected chi connectivity index (χ4v) is 7.28. The van der Waals surface area contributed by atoms with E-state index in [-0.39, 0.29) is 78.7 Å². The number of benzene rings is 3. The number of aryl methyl sites for hydroxylation is 2. The van der Waals surface area contributed by atoms with E-state index in [0.29, 0.717) is 24.8 Å². The first-order valence-electron chi connectivity index (χ1n) is 16.2. The number of unbranched alkanes of at least 4 members (excludes halogenated alkanes) is 2. The Morgan fingerprint density at radius 2 is 1.28 bits per heavy atom. The van der Waals surface area contributed by atoms with Crippen molar-refractivity contribution in [2.24, 2.45) is 5.92 Å². The van der Waals surface area contributed by atoms with Gasteiger partial charge < -0.3 is 4.74 Å². The highest BCUT2D eigenvalue weighted by molar-refractivity contribution is 5.41. The van der Waals surface area contributed by atoms with Crippen LogP contribution in [0.2, 0.25) is 0 Å². The lowest BCUT2D eigenvalue weighted by Crippen LogP contribution is -2.23. The first-order valence-corrected chi connectivity index (χ1v) is 16.2. The number of halogens is 10. The predicted molar refractivity (Wildman–Crippen MR) is 157 cm³/mol. The normalized spacial score (nSPS) is 19.9. The number of ether oxygens (including phenoxy) is 1. The Labute approximate surface area is 267 Å². The summed E-state index contributed by atoms with van der Waals surface area (Å²) in [4.78, 5) is 0. The van der Waals surface area contributed by atoms with Crippen LogP contribution in [0.1, 0.15) is 110 Å². The summed E-state index contributed by atoms with van der Waals surface area (Å²) in [5.74, 6) is -10.9. The third-order valence-corrected chi connectivity index (χ3v) is 9.81. The fraction of sp³-hybridized carbons (Fsp3) is 0.500. The van der Waals surface area contributed by atoms with Crippen molar-refractivity contribution in [1.29, 1.82) is 0 Å². The van der Waals surface area contributed by atoms with Crippen LogP contribution >= 0.6 is 0 Å². The van der Waals surface area contributed by atoms with Gasteiger partial charge in [-0.3, -0.25) is 0 Å². The Bertz CT molecular complexity index is 1570. The molecule has 11 heteroatoms. The van der Waals surface area contributed by atoms with E-state index in [9.17, 15) is 30.7 Å². The Hall–Kier alpha value is -3.24. The average molecular weight is 675 g/mol. The average Bonchev–Trinajstić information content (AvgIpc) is 3.03. The first kappa shape index (κ1) is 35.1. The van der Waals surface area contributed by atoms with Crippen molar-refractivity contribution < 1.29 is 48.6 Å². The van der Waals surface area contributed by atoms with Crippen LogP contribution in [0.15, 0.2) is 24.3 Å². The largest absolute Gasteiger partial charge is 0.573 e. The molecule has 256 valence electrons. The minimum atomic E-state index is -5.28. The Morgan fingerprint density at radius 1 is 0.681 bits per heavy atom. The molecule has 5 rings (SSSR count). The molecule has 1 atom stereocenters. The summed E-state index contributed by atoms with van der Waals surface area (Å²) in [5, 5.41) is 0. The van der Waals surface area contributed by atoms with Crippen LogP contribution in [0.25, 0.3) is 0 Å². The molecule has 1 unspecified atom stereocenters. The van der Waals surface area contributed by atoms with Crippen molar-refractivity contribution in [1.82, 2.24) is 0 Å². The SMILES string of the molecule is CCCCCc1ccc(CCC2CCc3c(F)c(C4CCC(c5cc(F)c(OC(F)(F)F)c(F)c5)CC4)c(F)c(F)c3C2)c(F)c1F. The molecule has 47 heavy (non-hydrogen) atoms. The molecule has 1 fully saturated rings. The Balaban J connectivity index is 1.24. The van der Waals surface area contributed by atoms with Crippen molar-refractivity contribution in [2.45, 2.75) is 109 Å². The quantitative estimate of drug-likeness (QED) is 0.118. The number of rotatable bonds is 10. The van der Waals surface area contributed by atoms with Crippen molar-refractivity contribution >= 4 is 0 Å². The molecule has 2 aliphatic carbocycles. The van der Waals surface area contributed by atoms with Crippen LogP contribution < -0.4 is 4.74 Å². The van der Waals surface area contributed by atoms with Crippen molar-refractivity contribution in [3.63, 3.8) is 0 Å². The van der Waals surface area contributed by atoms with Crippen LogP contribution in [0, 0.1) is 46.6 Å². The van der Waals surface area contributed by atoms with E-state index < -0.39 is 64.7 Å². The van der Waals surface area contributed by atoms with Gasteiger partial charge in [0.2, 0.25) is 5.75 Å². The van der Waals surface area contributed by atoms with Gasteiger partial charge in [0.05, 0.1) is 0 Å². The van der Waals surface area contributed by atoms with Crippen molar-refractivity contribution in [3.8, 4) is 5.75 Å². The summed E-state index contributed by atoms with van der Waals surface area (Å²) in [6.45, 7) is 2.02. The molecule has 0 saturated heterocycles. The van der Waals surface area contributed by atoms with Gasteiger partial charge in [0, 0.05) is 5.56 Å². The zero-order valence-electron chi connectivity index (χ0n) is 25.9. The maximum Gasteiger partial charge on any atom is 0.573 e. The number of hydrogen-bond acceptors (Lipinski definition) is 1. The Morgan fingerprint density at radius 3 is 1.87 bits per heavy atom. The third-order valence-electron chi connectivity index (χ3n) is 9.81. The minimum Gasteiger partial charge on any atom is -0.399 e. The Kier molecular flexibility index (Phi) is 10.8. The van der Waals surface area contributed by atoms with Crippen LogP contribution in [0.5, 0.6) is 5.75 Å². The van der Waals surface area contributed by atoms with Gasteiger partial charge >= 0.3 is 6.36 Å². The van der Waals surface area contributed by atoms with Crippen molar-refractivity contribution in [3.05, 3.63) is 98.4 Å². The molecule has 2 aliphatic rings. The summed E-state index contributed by atoms with van der Waals surface area (Å²) >= 11 is 0. The zero-order valence-corrected chi connectivity index (χ0v) is 25.9. The molecule has 0 N–H and O–H groups in total. The van der Waals surface area contributed by atoms with E-state index in [4.69, 9.17) is 0 Å². The molecular formula is C36H36F10O. The standard InChI is InChI=1S/C36H36F10O/c1-2-3-4-5-22-13-14-23(31(40)30(22)39)8-6-19-7-15-25-26(16-19)33(42)34(43)29(32(25)41)21-11-9-20(10-12-21)24-17-27(37)35(28(38)18-24)47-36(44,45)46/h13-14,17-21H,2-12,15-16H2,1H3. The van der Waals surface area contributed by atoms with Crippen LogP contribution in [0.4, 0.5) is 43.9 Å².